The highest BCUT2D eigenvalue weighted by atomic mass is 35.5. The van der Waals surface area contributed by atoms with Crippen LogP contribution in [-0.2, 0) is 0 Å². The highest BCUT2D eigenvalue weighted by Gasteiger charge is 2.19. The van der Waals surface area contributed by atoms with Crippen LogP contribution in [0.15, 0.2) is 64.2 Å². The van der Waals surface area contributed by atoms with Crippen molar-refractivity contribution in [2.24, 2.45) is 0 Å². The summed E-state index contributed by atoms with van der Waals surface area (Å²) in [7, 11) is 0. The zero-order valence-electron chi connectivity index (χ0n) is 11.8. The second-order valence-corrected chi connectivity index (χ2v) is 5.51. The van der Waals surface area contributed by atoms with Crippen molar-refractivity contribution in [1.82, 2.24) is 14.5 Å². The molecule has 0 atom stereocenters. The van der Waals surface area contributed by atoms with Gasteiger partial charge in [-0.2, -0.15) is 4.98 Å². The van der Waals surface area contributed by atoms with Gasteiger partial charge in [-0.15, -0.1) is 0 Å². The Bertz CT molecular complexity index is 1120. The summed E-state index contributed by atoms with van der Waals surface area (Å²) in [5.41, 5.74) is 0.660. The van der Waals surface area contributed by atoms with Crippen molar-refractivity contribution in [3.63, 3.8) is 0 Å². The molecule has 0 aliphatic carbocycles. The third-order valence-electron chi connectivity index (χ3n) is 3.68. The molecule has 0 saturated heterocycles. The van der Waals surface area contributed by atoms with Crippen LogP contribution in [0.5, 0.6) is 0 Å². The predicted octanol–water partition coefficient (Wildman–Crippen LogP) is 2.83. The third-order valence-corrected chi connectivity index (χ3v) is 3.99. The molecule has 4 rings (SSSR count). The molecule has 0 amide bonds. The first-order valence-corrected chi connectivity index (χ1v) is 7.33. The Balaban J connectivity index is 2.32. The Morgan fingerprint density at radius 2 is 1.78 bits per heavy atom. The Kier molecular flexibility index (Phi) is 3.02. The number of nitrogens with one attached hydrogen (secondary N) is 1. The van der Waals surface area contributed by atoms with Crippen molar-refractivity contribution in [1.29, 1.82) is 0 Å². The summed E-state index contributed by atoms with van der Waals surface area (Å²) in [6, 6.07) is 16.5. The van der Waals surface area contributed by atoms with Crippen LogP contribution in [0.1, 0.15) is 0 Å². The molecule has 23 heavy (non-hydrogen) atoms. The Hall–Kier alpha value is -2.92. The Morgan fingerprint density at radius 3 is 2.57 bits per heavy atom. The van der Waals surface area contributed by atoms with Gasteiger partial charge in [0.2, 0.25) is 0 Å². The molecule has 2 aliphatic heterocycles. The minimum atomic E-state index is -0.682. The van der Waals surface area contributed by atoms with Crippen LogP contribution in [-0.4, -0.2) is 14.5 Å². The van der Waals surface area contributed by atoms with Crippen LogP contribution in [0.4, 0.5) is 0 Å². The number of nitrogens with zero attached hydrogens (tertiary/aromatic N) is 2. The quantitative estimate of drug-likeness (QED) is 0.548. The second kappa shape index (κ2) is 5.07. The molecule has 112 valence electrons. The number of hydrogen-bond donors (Lipinski definition) is 1. The van der Waals surface area contributed by atoms with Crippen molar-refractivity contribution < 1.29 is 0 Å². The van der Waals surface area contributed by atoms with Gasteiger partial charge in [0, 0.05) is 11.1 Å². The maximum absolute atomic E-state index is 12.2. The number of rotatable bonds is 1. The molecule has 6 heteroatoms. The van der Waals surface area contributed by atoms with Crippen molar-refractivity contribution in [2.45, 2.75) is 0 Å². The van der Waals surface area contributed by atoms with E-state index < -0.39 is 11.2 Å². The minimum absolute atomic E-state index is 0.283. The fourth-order valence-electron chi connectivity index (χ4n) is 2.73. The molecule has 2 aliphatic rings. The fourth-order valence-corrected chi connectivity index (χ4v) is 2.99. The predicted molar refractivity (Wildman–Crippen MR) is 89.6 cm³/mol. The van der Waals surface area contributed by atoms with Gasteiger partial charge in [0.15, 0.2) is 5.82 Å². The summed E-state index contributed by atoms with van der Waals surface area (Å²) >= 11 is 6.38. The lowest BCUT2D eigenvalue weighted by molar-refractivity contribution is 0.960. The van der Waals surface area contributed by atoms with E-state index in [9.17, 15) is 9.59 Å². The smallest absolute Gasteiger partial charge is 0.292 e. The van der Waals surface area contributed by atoms with Crippen LogP contribution < -0.4 is 11.2 Å². The molecule has 2 aromatic carbocycles. The zero-order chi connectivity index (χ0) is 16.0. The number of H-pyrrole nitrogens is 1. The number of para-hydroxylation sites is 2. The van der Waals surface area contributed by atoms with E-state index in [1.807, 2.05) is 42.5 Å². The van der Waals surface area contributed by atoms with E-state index in [2.05, 4.69) is 9.97 Å². The summed E-state index contributed by atoms with van der Waals surface area (Å²) in [4.78, 5) is 30.1. The maximum Gasteiger partial charge on any atom is 0.349 e. The molecule has 0 radical (unpaired) electrons. The first kappa shape index (κ1) is 13.7. The number of aromatic amines is 1. The zero-order valence-corrected chi connectivity index (χ0v) is 12.5. The van der Waals surface area contributed by atoms with E-state index in [4.69, 9.17) is 11.6 Å². The molecule has 0 spiro atoms. The minimum Gasteiger partial charge on any atom is -0.292 e. The highest BCUT2D eigenvalue weighted by Crippen LogP contribution is 2.31. The number of halogens is 1. The van der Waals surface area contributed by atoms with Gasteiger partial charge < -0.3 is 0 Å². The summed E-state index contributed by atoms with van der Waals surface area (Å²) < 4.78 is 1.74. The van der Waals surface area contributed by atoms with E-state index in [1.54, 1.807) is 16.7 Å². The molecule has 2 aromatic rings. The topological polar surface area (TPSA) is 67.8 Å². The number of benzene rings is 2. The summed E-state index contributed by atoms with van der Waals surface area (Å²) in [6.07, 6.45) is 0. The largest absolute Gasteiger partial charge is 0.349 e. The van der Waals surface area contributed by atoms with Gasteiger partial charge >= 0.3 is 5.69 Å². The number of hydrogen-bond acceptors (Lipinski definition) is 3. The van der Waals surface area contributed by atoms with E-state index in [-0.39, 0.29) is 5.82 Å². The molecule has 5 nitrogen and oxygen atoms in total. The van der Waals surface area contributed by atoms with Crippen molar-refractivity contribution >= 4 is 22.5 Å². The lowest BCUT2D eigenvalue weighted by atomic mass is 10.1. The normalized spacial score (nSPS) is 11.2. The maximum atomic E-state index is 12.2. The Labute approximate surface area is 135 Å². The van der Waals surface area contributed by atoms with E-state index in [1.165, 1.54) is 0 Å². The number of pyridine rings is 1. The molecule has 0 saturated carbocycles. The van der Waals surface area contributed by atoms with Crippen LogP contribution in [0, 0.1) is 0 Å². The molecule has 0 unspecified atom stereocenters. The summed E-state index contributed by atoms with van der Waals surface area (Å²) in [5.74, 6) is 0.283. The first-order chi connectivity index (χ1) is 11.1. The van der Waals surface area contributed by atoms with Crippen molar-refractivity contribution in [3.05, 3.63) is 80.5 Å². The van der Waals surface area contributed by atoms with Gasteiger partial charge in [0.25, 0.3) is 5.56 Å². The molecule has 2 heterocycles. The first-order valence-electron chi connectivity index (χ1n) is 6.95. The Morgan fingerprint density at radius 1 is 1.00 bits per heavy atom. The van der Waals surface area contributed by atoms with Gasteiger partial charge in [-0.25, -0.2) is 4.79 Å². The summed E-state index contributed by atoms with van der Waals surface area (Å²) in [5, 5.41) is 1.31. The average Bonchev–Trinajstić information content (AvgIpc) is 2.54. The van der Waals surface area contributed by atoms with Crippen molar-refractivity contribution in [2.75, 3.05) is 0 Å². The number of aromatic nitrogens is 3. The molecule has 0 aromatic heterocycles. The average molecular weight is 324 g/mol. The lowest BCUT2D eigenvalue weighted by Gasteiger charge is -2.18. The van der Waals surface area contributed by atoms with Crippen molar-refractivity contribution in [3.8, 4) is 17.1 Å². The fraction of sp³-hybridized carbons (Fsp3) is 0. The van der Waals surface area contributed by atoms with Crippen LogP contribution in [0.2, 0.25) is 5.02 Å². The standard InChI is InChI=1S/C17H10ClN3O2/c18-13-8-4-5-10-9-12-15(19-17(23)20-16(12)22)21(14(10)13)11-6-2-1-3-7-11/h1-9H,(H,20,22,23). The molecular weight excluding hydrogens is 314 g/mol. The molecule has 1 N–H and O–H groups in total. The van der Waals surface area contributed by atoms with E-state index in [0.717, 1.165) is 11.1 Å². The molecule has 0 bridgehead atoms. The van der Waals surface area contributed by atoms with E-state index >= 15 is 0 Å². The van der Waals surface area contributed by atoms with Gasteiger partial charge in [0.1, 0.15) is 0 Å². The molecule has 0 fully saturated rings. The van der Waals surface area contributed by atoms with Crippen LogP contribution in [0.25, 0.3) is 28.0 Å². The summed E-state index contributed by atoms with van der Waals surface area (Å²) in [6.45, 7) is 0. The van der Waals surface area contributed by atoms with Gasteiger partial charge in [-0.1, -0.05) is 41.9 Å². The number of fused-ring (bicyclic) bond motifs is 2. The van der Waals surface area contributed by atoms with Crippen LogP contribution >= 0.6 is 11.6 Å². The SMILES string of the molecule is O=c1nc2n(-c3ccccc3)c3c(Cl)cccc3cc-2c(=O)[nH]1. The van der Waals surface area contributed by atoms with Gasteiger partial charge in [-0.05, 0) is 24.3 Å². The second-order valence-electron chi connectivity index (χ2n) is 5.10. The highest BCUT2D eigenvalue weighted by molar-refractivity contribution is 6.35. The van der Waals surface area contributed by atoms with Gasteiger partial charge in [-0.3, -0.25) is 14.3 Å². The lowest BCUT2D eigenvalue weighted by Crippen LogP contribution is -2.27. The third kappa shape index (κ3) is 2.13. The monoisotopic (exact) mass is 323 g/mol. The van der Waals surface area contributed by atoms with E-state index in [0.29, 0.717) is 16.1 Å². The van der Waals surface area contributed by atoms with Crippen LogP contribution in [0.3, 0.4) is 0 Å². The van der Waals surface area contributed by atoms with Gasteiger partial charge in [0.05, 0.1) is 16.1 Å². The molecular formula is C17H10ClN3O2.